The van der Waals surface area contributed by atoms with Gasteiger partial charge >= 0.3 is 0 Å². The number of aromatic nitrogens is 3. The number of nitrogens with zero attached hydrogens (tertiary/aromatic N) is 3. The first kappa shape index (κ1) is 13.8. The zero-order valence-electron chi connectivity index (χ0n) is 9.90. The van der Waals surface area contributed by atoms with Crippen molar-refractivity contribution in [2.75, 3.05) is 11.5 Å². The van der Waals surface area contributed by atoms with Crippen LogP contribution >= 0.6 is 23.2 Å². The van der Waals surface area contributed by atoms with Crippen molar-refractivity contribution < 1.29 is 4.21 Å². The van der Waals surface area contributed by atoms with Crippen LogP contribution < -0.4 is 0 Å². The van der Waals surface area contributed by atoms with Crippen molar-refractivity contribution in [1.29, 1.82) is 0 Å². The van der Waals surface area contributed by atoms with Gasteiger partial charge in [-0.3, -0.25) is 9.19 Å². The molecule has 2 aromatic rings. The van der Waals surface area contributed by atoms with Crippen LogP contribution in [0.3, 0.4) is 0 Å². The van der Waals surface area contributed by atoms with Gasteiger partial charge < -0.3 is 4.57 Å². The van der Waals surface area contributed by atoms with Gasteiger partial charge in [0.05, 0.1) is 22.6 Å². The molecule has 0 amide bonds. The van der Waals surface area contributed by atoms with Crippen LogP contribution in [0.2, 0.25) is 5.02 Å². The van der Waals surface area contributed by atoms with Gasteiger partial charge in [0.15, 0.2) is 0 Å². The van der Waals surface area contributed by atoms with E-state index in [4.69, 9.17) is 23.2 Å². The highest BCUT2D eigenvalue weighted by atomic mass is 35.5. The Hall–Kier alpha value is -0.650. The highest BCUT2D eigenvalue weighted by Gasteiger charge is 2.13. The molecule has 1 unspecified atom stereocenters. The molecule has 2 rings (SSSR count). The monoisotopic (exact) mass is 305 g/mol. The van der Waals surface area contributed by atoms with Gasteiger partial charge in [-0.05, 0) is 0 Å². The van der Waals surface area contributed by atoms with Crippen molar-refractivity contribution in [3.8, 4) is 0 Å². The summed E-state index contributed by atoms with van der Waals surface area (Å²) in [5.74, 6) is 2.25. The Morgan fingerprint density at radius 3 is 2.89 bits per heavy atom. The number of alkyl halides is 1. The van der Waals surface area contributed by atoms with Crippen molar-refractivity contribution in [3.63, 3.8) is 0 Å². The van der Waals surface area contributed by atoms with Gasteiger partial charge in [0.1, 0.15) is 11.3 Å². The Balaban J connectivity index is 2.43. The van der Waals surface area contributed by atoms with Crippen molar-refractivity contribution in [2.45, 2.75) is 19.3 Å². The number of pyridine rings is 1. The first-order valence-electron chi connectivity index (χ1n) is 5.57. The fourth-order valence-electron chi connectivity index (χ4n) is 1.78. The minimum absolute atomic E-state index is 0.295. The molecular formula is C11H13Cl2N3OS. The molecule has 0 aliphatic rings. The molecule has 0 radical (unpaired) electrons. The van der Waals surface area contributed by atoms with E-state index in [1.165, 1.54) is 0 Å². The molecule has 0 aliphatic carbocycles. The normalized spacial score (nSPS) is 13.1. The van der Waals surface area contributed by atoms with E-state index in [2.05, 4.69) is 9.97 Å². The molecule has 4 nitrogen and oxygen atoms in total. The molecule has 7 heteroatoms. The molecule has 0 fully saturated rings. The Morgan fingerprint density at radius 1 is 1.44 bits per heavy atom. The molecular weight excluding hydrogens is 293 g/mol. The predicted octanol–water partition coefficient (Wildman–Crippen LogP) is 2.59. The van der Waals surface area contributed by atoms with Crippen LogP contribution in [-0.2, 0) is 23.2 Å². The van der Waals surface area contributed by atoms with Crippen molar-refractivity contribution in [1.82, 2.24) is 14.5 Å². The van der Waals surface area contributed by atoms with E-state index < -0.39 is 10.8 Å². The second-order valence-corrected chi connectivity index (χ2v) is 6.27. The van der Waals surface area contributed by atoms with Crippen LogP contribution in [0.1, 0.15) is 12.7 Å². The van der Waals surface area contributed by atoms with Crippen LogP contribution in [0.25, 0.3) is 11.0 Å². The summed E-state index contributed by atoms with van der Waals surface area (Å²) in [6.45, 7) is 2.50. The maximum absolute atomic E-state index is 11.5. The summed E-state index contributed by atoms with van der Waals surface area (Å²) in [6, 6.07) is 0. The second kappa shape index (κ2) is 5.99. The summed E-state index contributed by atoms with van der Waals surface area (Å²) in [7, 11) is -0.822. The third kappa shape index (κ3) is 2.68. The highest BCUT2D eigenvalue weighted by Crippen LogP contribution is 2.24. The standard InChI is InChI=1S/C11H13Cl2N3OS/c1-2-18(17)4-3-16-10(5-12)15-9-7-14-6-8(13)11(9)16/h6-7H,2-5H2,1H3. The van der Waals surface area contributed by atoms with E-state index in [9.17, 15) is 4.21 Å². The molecule has 0 N–H and O–H groups in total. The van der Waals surface area contributed by atoms with Crippen molar-refractivity contribution >= 4 is 45.0 Å². The molecule has 0 spiro atoms. The lowest BCUT2D eigenvalue weighted by atomic mass is 10.4. The average Bonchev–Trinajstić information content (AvgIpc) is 2.75. The zero-order chi connectivity index (χ0) is 13.1. The number of aryl methyl sites for hydroxylation is 1. The van der Waals surface area contributed by atoms with Gasteiger partial charge in [0, 0.05) is 35.0 Å². The molecule has 0 saturated carbocycles. The largest absolute Gasteiger partial charge is 0.325 e. The summed E-state index contributed by atoms with van der Waals surface area (Å²) in [5.41, 5.74) is 1.54. The number of rotatable bonds is 5. The fourth-order valence-corrected chi connectivity index (χ4v) is 2.91. The van der Waals surface area contributed by atoms with Crippen molar-refractivity contribution in [3.05, 3.63) is 23.2 Å². The maximum atomic E-state index is 11.5. The predicted molar refractivity (Wildman–Crippen MR) is 75.6 cm³/mol. The summed E-state index contributed by atoms with van der Waals surface area (Å²) >= 11 is 12.0. The minimum atomic E-state index is -0.822. The van der Waals surface area contributed by atoms with E-state index in [1.54, 1.807) is 12.4 Å². The molecule has 2 aromatic heterocycles. The Bertz CT molecular complexity index is 585. The van der Waals surface area contributed by atoms with Gasteiger partial charge in [0.2, 0.25) is 0 Å². The van der Waals surface area contributed by atoms with E-state index in [0.717, 1.165) is 16.9 Å². The number of halogens is 2. The molecule has 0 bridgehead atoms. The van der Waals surface area contributed by atoms with Crippen LogP contribution in [0.15, 0.2) is 12.4 Å². The number of imidazole rings is 1. The number of hydrogen-bond donors (Lipinski definition) is 0. The molecule has 2 heterocycles. The molecule has 0 saturated heterocycles. The van der Waals surface area contributed by atoms with E-state index >= 15 is 0 Å². The molecule has 0 aliphatic heterocycles. The summed E-state index contributed by atoms with van der Waals surface area (Å²) < 4.78 is 13.5. The molecule has 98 valence electrons. The first-order chi connectivity index (χ1) is 8.67. The van der Waals surface area contributed by atoms with Gasteiger partial charge in [-0.2, -0.15) is 0 Å². The smallest absolute Gasteiger partial charge is 0.124 e. The third-order valence-electron chi connectivity index (χ3n) is 2.67. The van der Waals surface area contributed by atoms with E-state index in [-0.39, 0.29) is 0 Å². The van der Waals surface area contributed by atoms with Crippen LogP contribution in [0.5, 0.6) is 0 Å². The maximum Gasteiger partial charge on any atom is 0.124 e. The van der Waals surface area contributed by atoms with Gasteiger partial charge in [-0.1, -0.05) is 18.5 Å². The highest BCUT2D eigenvalue weighted by molar-refractivity contribution is 7.84. The molecule has 0 aromatic carbocycles. The molecule has 18 heavy (non-hydrogen) atoms. The molecule has 1 atom stereocenters. The van der Waals surface area contributed by atoms with Gasteiger partial charge in [0.25, 0.3) is 0 Å². The lowest BCUT2D eigenvalue weighted by Crippen LogP contribution is -2.11. The Kier molecular flexibility index (Phi) is 4.59. The van der Waals surface area contributed by atoms with E-state index in [1.807, 2.05) is 11.5 Å². The second-order valence-electron chi connectivity index (χ2n) is 3.73. The Morgan fingerprint density at radius 2 is 2.22 bits per heavy atom. The van der Waals surface area contributed by atoms with Crippen molar-refractivity contribution in [2.24, 2.45) is 0 Å². The average molecular weight is 306 g/mol. The number of fused-ring (bicyclic) bond motifs is 1. The third-order valence-corrected chi connectivity index (χ3v) is 4.47. The van der Waals surface area contributed by atoms with E-state index in [0.29, 0.717) is 29.0 Å². The van der Waals surface area contributed by atoms with Crippen LogP contribution in [-0.4, -0.2) is 30.2 Å². The first-order valence-corrected chi connectivity index (χ1v) is 7.97. The van der Waals surface area contributed by atoms with Gasteiger partial charge in [-0.25, -0.2) is 4.98 Å². The quantitative estimate of drug-likeness (QED) is 0.798. The lowest BCUT2D eigenvalue weighted by Gasteiger charge is -2.07. The minimum Gasteiger partial charge on any atom is -0.325 e. The summed E-state index contributed by atoms with van der Waals surface area (Å²) in [4.78, 5) is 8.38. The van der Waals surface area contributed by atoms with Crippen LogP contribution in [0, 0.1) is 0 Å². The summed E-state index contributed by atoms with van der Waals surface area (Å²) in [5, 5.41) is 0.540. The number of hydrogen-bond acceptors (Lipinski definition) is 3. The van der Waals surface area contributed by atoms with Gasteiger partial charge in [-0.15, -0.1) is 11.6 Å². The van der Waals surface area contributed by atoms with Crippen LogP contribution in [0.4, 0.5) is 0 Å². The zero-order valence-corrected chi connectivity index (χ0v) is 12.2. The lowest BCUT2D eigenvalue weighted by molar-refractivity contribution is 0.673. The fraction of sp³-hybridized carbons (Fsp3) is 0.455. The topological polar surface area (TPSA) is 47.8 Å². The SMILES string of the molecule is CCS(=O)CCn1c(CCl)nc2cncc(Cl)c21. The summed E-state index contributed by atoms with van der Waals surface area (Å²) in [6.07, 6.45) is 3.24. The Labute approximate surface area is 118 Å².